The van der Waals surface area contributed by atoms with Crippen molar-refractivity contribution in [1.82, 2.24) is 10.2 Å². The third kappa shape index (κ3) is 5.04. The van der Waals surface area contributed by atoms with Gasteiger partial charge in [-0.1, -0.05) is 12.1 Å². The molecule has 1 amide bonds. The molecule has 23 heavy (non-hydrogen) atoms. The molecule has 1 aromatic carbocycles. The second-order valence-corrected chi connectivity index (χ2v) is 5.89. The fourth-order valence-corrected chi connectivity index (χ4v) is 2.51. The number of nitrogens with zero attached hydrogens (tertiary/aromatic N) is 1. The van der Waals surface area contributed by atoms with Crippen molar-refractivity contribution in [3.05, 3.63) is 35.4 Å². The molecule has 0 bridgehead atoms. The quantitative estimate of drug-likeness (QED) is 0.826. The van der Waals surface area contributed by atoms with Crippen LogP contribution in [0.3, 0.4) is 0 Å². The highest BCUT2D eigenvalue weighted by Gasteiger charge is 2.24. The molecule has 6 heteroatoms. The van der Waals surface area contributed by atoms with E-state index in [2.05, 4.69) is 21.9 Å². The Morgan fingerprint density at radius 1 is 1.30 bits per heavy atom. The van der Waals surface area contributed by atoms with Crippen LogP contribution in [0.5, 0.6) is 0 Å². The third-order valence-corrected chi connectivity index (χ3v) is 3.95. The highest BCUT2D eigenvalue weighted by atomic mass is 16.5. The second kappa shape index (κ2) is 8.08. The first-order valence-electron chi connectivity index (χ1n) is 7.79. The number of carbonyl (C=O) groups excluding carboxylic acids is 2. The van der Waals surface area contributed by atoms with E-state index >= 15 is 0 Å². The average Bonchev–Trinajstić information content (AvgIpc) is 2.56. The molecule has 1 aliphatic rings. The Labute approximate surface area is 136 Å². The number of hydrogen-bond donors (Lipinski definition) is 1. The molecular formula is C17H24N2O4. The minimum absolute atomic E-state index is 0.0111. The molecule has 1 fully saturated rings. The minimum atomic E-state index is -0.365. The lowest BCUT2D eigenvalue weighted by Crippen LogP contribution is -2.50. The molecule has 1 saturated heterocycles. The summed E-state index contributed by atoms with van der Waals surface area (Å²) >= 11 is 0. The smallest absolute Gasteiger partial charge is 0.337 e. The van der Waals surface area contributed by atoms with Gasteiger partial charge in [0.2, 0.25) is 5.91 Å². The molecule has 0 aromatic heterocycles. The van der Waals surface area contributed by atoms with E-state index in [0.717, 1.165) is 12.1 Å². The summed E-state index contributed by atoms with van der Waals surface area (Å²) in [6, 6.07) is 7.26. The second-order valence-electron chi connectivity index (χ2n) is 5.89. The van der Waals surface area contributed by atoms with Gasteiger partial charge in [0.1, 0.15) is 0 Å². The normalized spacial score (nSPS) is 21.7. The van der Waals surface area contributed by atoms with Crippen molar-refractivity contribution in [2.45, 2.75) is 32.5 Å². The number of rotatable bonds is 5. The van der Waals surface area contributed by atoms with Gasteiger partial charge in [-0.25, -0.2) is 4.79 Å². The van der Waals surface area contributed by atoms with E-state index in [-0.39, 0.29) is 24.0 Å². The molecule has 6 nitrogen and oxygen atoms in total. The van der Waals surface area contributed by atoms with E-state index < -0.39 is 0 Å². The van der Waals surface area contributed by atoms with Crippen LogP contribution >= 0.6 is 0 Å². The highest BCUT2D eigenvalue weighted by molar-refractivity contribution is 5.89. The molecule has 0 radical (unpaired) electrons. The van der Waals surface area contributed by atoms with Gasteiger partial charge < -0.3 is 14.8 Å². The van der Waals surface area contributed by atoms with Crippen molar-refractivity contribution in [3.63, 3.8) is 0 Å². The van der Waals surface area contributed by atoms with Crippen molar-refractivity contribution in [2.75, 3.05) is 26.8 Å². The fraction of sp³-hybridized carbons (Fsp3) is 0.529. The molecule has 0 unspecified atom stereocenters. The Morgan fingerprint density at radius 2 is 2.00 bits per heavy atom. The predicted octanol–water partition coefficient (Wildman–Crippen LogP) is 1.20. The van der Waals surface area contributed by atoms with Crippen molar-refractivity contribution in [2.24, 2.45) is 0 Å². The summed E-state index contributed by atoms with van der Waals surface area (Å²) in [5.41, 5.74) is 1.44. The minimum Gasteiger partial charge on any atom is -0.465 e. The zero-order valence-electron chi connectivity index (χ0n) is 13.9. The van der Waals surface area contributed by atoms with Crippen molar-refractivity contribution in [3.8, 4) is 0 Å². The Balaban J connectivity index is 1.81. The lowest BCUT2D eigenvalue weighted by Gasteiger charge is -2.36. The van der Waals surface area contributed by atoms with Crippen molar-refractivity contribution >= 4 is 11.9 Å². The highest BCUT2D eigenvalue weighted by Crippen LogP contribution is 2.10. The summed E-state index contributed by atoms with van der Waals surface area (Å²) in [7, 11) is 1.35. The predicted molar refractivity (Wildman–Crippen MR) is 86.1 cm³/mol. The summed E-state index contributed by atoms with van der Waals surface area (Å²) < 4.78 is 10.2. The zero-order chi connectivity index (χ0) is 16.8. The number of carbonyl (C=O) groups is 2. The van der Waals surface area contributed by atoms with E-state index in [1.165, 1.54) is 7.11 Å². The summed E-state index contributed by atoms with van der Waals surface area (Å²) in [5.74, 6) is -0.376. The van der Waals surface area contributed by atoms with E-state index in [1.807, 2.05) is 19.1 Å². The standard InChI is InChI=1S/C17H24N2O4/c1-12-11-23-13(2)9-19(12)10-16(20)18-8-14-4-6-15(7-5-14)17(21)22-3/h4-7,12-13H,8-11H2,1-3H3,(H,18,20)/t12-,13-/m0/s1. The fourth-order valence-electron chi connectivity index (χ4n) is 2.51. The number of methoxy groups -OCH3 is 1. The summed E-state index contributed by atoms with van der Waals surface area (Å²) in [5, 5.41) is 2.91. The summed E-state index contributed by atoms with van der Waals surface area (Å²) in [4.78, 5) is 25.6. The number of esters is 1. The summed E-state index contributed by atoms with van der Waals surface area (Å²) in [6.07, 6.45) is 0.157. The lowest BCUT2D eigenvalue weighted by atomic mass is 10.1. The largest absolute Gasteiger partial charge is 0.465 e. The Kier molecular flexibility index (Phi) is 6.12. The lowest BCUT2D eigenvalue weighted by molar-refractivity contribution is -0.126. The van der Waals surface area contributed by atoms with Crippen LogP contribution in [-0.4, -0.2) is 55.7 Å². The maximum atomic E-state index is 12.1. The first-order valence-corrected chi connectivity index (χ1v) is 7.79. The molecule has 126 valence electrons. The average molecular weight is 320 g/mol. The number of ether oxygens (including phenoxy) is 2. The monoisotopic (exact) mass is 320 g/mol. The molecule has 0 spiro atoms. The molecule has 2 atom stereocenters. The van der Waals surface area contributed by atoms with Crippen LogP contribution in [0, 0.1) is 0 Å². The van der Waals surface area contributed by atoms with Gasteiger partial charge >= 0.3 is 5.97 Å². The van der Waals surface area contributed by atoms with Gasteiger partial charge in [-0.15, -0.1) is 0 Å². The first-order chi connectivity index (χ1) is 11.0. The number of amides is 1. The van der Waals surface area contributed by atoms with E-state index in [9.17, 15) is 9.59 Å². The van der Waals surface area contributed by atoms with Crippen molar-refractivity contribution < 1.29 is 19.1 Å². The summed E-state index contributed by atoms with van der Waals surface area (Å²) in [6.45, 7) is 6.31. The molecule has 1 N–H and O–H groups in total. The Hall–Kier alpha value is -1.92. The molecular weight excluding hydrogens is 296 g/mol. The van der Waals surface area contributed by atoms with Crippen LogP contribution in [0.15, 0.2) is 24.3 Å². The van der Waals surface area contributed by atoms with Crippen LogP contribution in [-0.2, 0) is 20.8 Å². The molecule has 2 rings (SSSR count). The van der Waals surface area contributed by atoms with E-state index in [1.54, 1.807) is 12.1 Å². The maximum Gasteiger partial charge on any atom is 0.337 e. The zero-order valence-corrected chi connectivity index (χ0v) is 13.9. The van der Waals surface area contributed by atoms with Gasteiger partial charge in [0.05, 0.1) is 31.9 Å². The molecule has 0 saturated carbocycles. The Bertz CT molecular complexity index is 544. The van der Waals surface area contributed by atoms with E-state index in [0.29, 0.717) is 25.3 Å². The number of morpholine rings is 1. The van der Waals surface area contributed by atoms with Crippen LogP contribution in [0.25, 0.3) is 0 Å². The number of benzene rings is 1. The van der Waals surface area contributed by atoms with Crippen LogP contribution in [0.4, 0.5) is 0 Å². The maximum absolute atomic E-state index is 12.1. The third-order valence-electron chi connectivity index (χ3n) is 3.95. The van der Waals surface area contributed by atoms with Gasteiger partial charge in [0.15, 0.2) is 0 Å². The van der Waals surface area contributed by atoms with Crippen LogP contribution in [0.2, 0.25) is 0 Å². The molecule has 1 aromatic rings. The number of nitrogens with one attached hydrogen (secondary N) is 1. The molecule has 1 heterocycles. The SMILES string of the molecule is COC(=O)c1ccc(CNC(=O)CN2C[C@H](C)OC[C@@H]2C)cc1. The van der Waals surface area contributed by atoms with Gasteiger partial charge in [0, 0.05) is 19.1 Å². The Morgan fingerprint density at radius 3 is 2.65 bits per heavy atom. The van der Waals surface area contributed by atoms with Crippen molar-refractivity contribution in [1.29, 1.82) is 0 Å². The molecule has 0 aliphatic carbocycles. The topological polar surface area (TPSA) is 67.9 Å². The van der Waals surface area contributed by atoms with Gasteiger partial charge in [-0.2, -0.15) is 0 Å². The first kappa shape index (κ1) is 17.4. The van der Waals surface area contributed by atoms with Crippen LogP contribution in [0.1, 0.15) is 29.8 Å². The van der Waals surface area contributed by atoms with Gasteiger partial charge in [-0.05, 0) is 31.5 Å². The van der Waals surface area contributed by atoms with Gasteiger partial charge in [0.25, 0.3) is 0 Å². The van der Waals surface area contributed by atoms with Crippen LogP contribution < -0.4 is 5.32 Å². The van der Waals surface area contributed by atoms with Gasteiger partial charge in [-0.3, -0.25) is 9.69 Å². The van der Waals surface area contributed by atoms with E-state index in [4.69, 9.17) is 4.74 Å². The molecule has 1 aliphatic heterocycles. The number of hydrogen-bond acceptors (Lipinski definition) is 5.